The summed E-state index contributed by atoms with van der Waals surface area (Å²) in [6.07, 6.45) is 1.12. The largest absolute Gasteiger partial charge is 0.478 e. The summed E-state index contributed by atoms with van der Waals surface area (Å²) in [7, 11) is 0. The van der Waals surface area contributed by atoms with Gasteiger partial charge in [-0.15, -0.1) is 13.2 Å². The third kappa shape index (κ3) is 152. The lowest BCUT2D eigenvalue weighted by molar-refractivity contribution is -0.134. The number of hydrogen-bond donors (Lipinski definition) is 2. The van der Waals surface area contributed by atoms with Crippen molar-refractivity contribution in [3.8, 4) is 0 Å². The molecule has 2 N–H and O–H groups in total. The van der Waals surface area contributed by atoms with Gasteiger partial charge in [-0.1, -0.05) is 11.1 Å². The number of carboxylic acids is 2. The summed E-state index contributed by atoms with van der Waals surface area (Å²) in [6, 6.07) is 0. The Morgan fingerprint density at radius 1 is 0.812 bits per heavy atom. The van der Waals surface area contributed by atoms with E-state index in [0.29, 0.717) is 12.2 Å². The van der Waals surface area contributed by atoms with E-state index in [9.17, 15) is 9.59 Å². The molecule has 0 aliphatic rings. The fraction of sp³-hybridized carbons (Fsp3) is 0.333. The summed E-state index contributed by atoms with van der Waals surface area (Å²) in [5, 5.41) is 15.6. The van der Waals surface area contributed by atoms with Crippen LogP contribution < -0.4 is 0 Å². The summed E-state index contributed by atoms with van der Waals surface area (Å²) < 4.78 is 0. The SMILES string of the molecule is C=C(C)C.C=C(C)C.O=C(O)C=CC(=O)O. The summed E-state index contributed by atoms with van der Waals surface area (Å²) in [6.45, 7) is 15.0. The number of aliphatic carboxylic acids is 2. The zero-order chi connectivity index (χ0) is 13.7. The highest BCUT2D eigenvalue weighted by molar-refractivity contribution is 5.89. The maximum atomic E-state index is 9.55. The minimum atomic E-state index is -1.26. The lowest BCUT2D eigenvalue weighted by atomic mass is 10.4. The van der Waals surface area contributed by atoms with Gasteiger partial charge in [0.2, 0.25) is 0 Å². The van der Waals surface area contributed by atoms with Crippen molar-refractivity contribution in [1.29, 1.82) is 0 Å². The fourth-order valence-corrected chi connectivity index (χ4v) is 0.143. The molecule has 4 nitrogen and oxygen atoms in total. The fourth-order valence-electron chi connectivity index (χ4n) is 0.143. The van der Waals surface area contributed by atoms with E-state index < -0.39 is 11.9 Å². The molecule has 0 aromatic rings. The van der Waals surface area contributed by atoms with E-state index in [2.05, 4.69) is 13.2 Å². The molecule has 0 atom stereocenters. The highest BCUT2D eigenvalue weighted by atomic mass is 16.4. The molecule has 4 heteroatoms. The Morgan fingerprint density at radius 2 is 0.938 bits per heavy atom. The lowest BCUT2D eigenvalue weighted by Crippen LogP contribution is -1.91. The van der Waals surface area contributed by atoms with Gasteiger partial charge in [0, 0.05) is 12.2 Å². The Labute approximate surface area is 96.6 Å². The molecule has 92 valence electrons. The molecule has 0 saturated carbocycles. The van der Waals surface area contributed by atoms with E-state index >= 15 is 0 Å². The second-order valence-corrected chi connectivity index (χ2v) is 3.42. The second-order valence-electron chi connectivity index (χ2n) is 3.42. The number of carboxylic acid groups (broad SMARTS) is 2. The molecule has 0 aromatic heterocycles. The number of hydrogen-bond acceptors (Lipinski definition) is 2. The first-order chi connectivity index (χ1) is 7.09. The van der Waals surface area contributed by atoms with Crippen LogP contribution in [0.2, 0.25) is 0 Å². The van der Waals surface area contributed by atoms with E-state index in [0.717, 1.165) is 0 Å². The molecule has 0 rings (SSSR count). The van der Waals surface area contributed by atoms with Crippen LogP contribution in [0, 0.1) is 0 Å². The number of rotatable bonds is 2. The van der Waals surface area contributed by atoms with E-state index in [1.165, 1.54) is 11.1 Å². The molecule has 0 spiro atoms. The van der Waals surface area contributed by atoms with Crippen LogP contribution in [0.5, 0.6) is 0 Å². The van der Waals surface area contributed by atoms with Crippen LogP contribution >= 0.6 is 0 Å². The van der Waals surface area contributed by atoms with Crippen molar-refractivity contribution in [2.75, 3.05) is 0 Å². The topological polar surface area (TPSA) is 74.6 Å². The van der Waals surface area contributed by atoms with Gasteiger partial charge in [-0.25, -0.2) is 9.59 Å². The third-order valence-electron chi connectivity index (χ3n) is 0.368. The van der Waals surface area contributed by atoms with Crippen molar-refractivity contribution in [3.63, 3.8) is 0 Å². The molecule has 0 fully saturated rings. The first-order valence-electron chi connectivity index (χ1n) is 4.47. The van der Waals surface area contributed by atoms with Gasteiger partial charge >= 0.3 is 11.9 Å². The predicted molar refractivity (Wildman–Crippen MR) is 65.4 cm³/mol. The Kier molecular flexibility index (Phi) is 16.2. The third-order valence-corrected chi connectivity index (χ3v) is 0.368. The van der Waals surface area contributed by atoms with Crippen LogP contribution in [0.25, 0.3) is 0 Å². The predicted octanol–water partition coefficient (Wildman–Crippen LogP) is 2.88. The molecule has 0 aliphatic carbocycles. The van der Waals surface area contributed by atoms with Gasteiger partial charge in [0.15, 0.2) is 0 Å². The number of allylic oxidation sites excluding steroid dienone is 2. The lowest BCUT2D eigenvalue weighted by Gasteiger charge is -1.74. The summed E-state index contributed by atoms with van der Waals surface area (Å²) >= 11 is 0. The summed E-state index contributed by atoms with van der Waals surface area (Å²) in [5.41, 5.74) is 2.33. The standard InChI is InChI=1S/C4H4O4.2C4H8/c5-3(6)1-2-4(7)8;2*1-4(2)3/h1-2H,(H,5,6)(H,7,8);2*1H2,2-3H3. The zero-order valence-corrected chi connectivity index (χ0v) is 10.3. The Balaban J connectivity index is -0.000000179. The molecule has 0 aliphatic heterocycles. The van der Waals surface area contributed by atoms with Crippen molar-refractivity contribution >= 4 is 11.9 Å². The Bertz CT molecular complexity index is 239. The molecular weight excluding hydrogens is 208 g/mol. The van der Waals surface area contributed by atoms with E-state index in [-0.39, 0.29) is 0 Å². The molecule has 0 radical (unpaired) electrons. The molecule has 0 aromatic carbocycles. The van der Waals surface area contributed by atoms with Crippen molar-refractivity contribution in [3.05, 3.63) is 36.5 Å². The normalized spacial score (nSPS) is 8.00. The minimum absolute atomic E-state index is 0.558. The van der Waals surface area contributed by atoms with Crippen LogP contribution in [-0.2, 0) is 9.59 Å². The molecule has 16 heavy (non-hydrogen) atoms. The van der Waals surface area contributed by atoms with Gasteiger partial charge in [-0.2, -0.15) is 0 Å². The quantitative estimate of drug-likeness (QED) is 0.563. The summed E-state index contributed by atoms with van der Waals surface area (Å²) in [5.74, 6) is -2.51. The second kappa shape index (κ2) is 13.2. The van der Waals surface area contributed by atoms with E-state index in [1.807, 2.05) is 27.7 Å². The molecule has 0 amide bonds. The number of carbonyl (C=O) groups is 2. The van der Waals surface area contributed by atoms with Crippen LogP contribution in [0.3, 0.4) is 0 Å². The Hall–Kier alpha value is -1.84. The average Bonchev–Trinajstić information content (AvgIpc) is 1.98. The van der Waals surface area contributed by atoms with Gasteiger partial charge in [-0.05, 0) is 27.7 Å². The summed E-state index contributed by atoms with van der Waals surface area (Å²) in [4.78, 5) is 19.1. The van der Waals surface area contributed by atoms with Gasteiger partial charge in [0.05, 0.1) is 0 Å². The first kappa shape index (κ1) is 19.7. The van der Waals surface area contributed by atoms with Crippen molar-refractivity contribution in [1.82, 2.24) is 0 Å². The van der Waals surface area contributed by atoms with Crippen LogP contribution in [0.1, 0.15) is 27.7 Å². The minimum Gasteiger partial charge on any atom is -0.478 e. The van der Waals surface area contributed by atoms with Crippen molar-refractivity contribution in [2.45, 2.75) is 27.7 Å². The van der Waals surface area contributed by atoms with Crippen LogP contribution in [0.15, 0.2) is 36.5 Å². The van der Waals surface area contributed by atoms with Gasteiger partial charge < -0.3 is 10.2 Å². The molecular formula is C12H20O4. The smallest absolute Gasteiger partial charge is 0.328 e. The van der Waals surface area contributed by atoms with Crippen LogP contribution in [0.4, 0.5) is 0 Å². The monoisotopic (exact) mass is 228 g/mol. The first-order valence-corrected chi connectivity index (χ1v) is 4.47. The maximum Gasteiger partial charge on any atom is 0.328 e. The van der Waals surface area contributed by atoms with E-state index in [1.54, 1.807) is 0 Å². The van der Waals surface area contributed by atoms with Gasteiger partial charge in [0.25, 0.3) is 0 Å². The molecule has 0 bridgehead atoms. The van der Waals surface area contributed by atoms with E-state index in [4.69, 9.17) is 10.2 Å². The van der Waals surface area contributed by atoms with Gasteiger partial charge in [0.1, 0.15) is 0 Å². The van der Waals surface area contributed by atoms with Crippen LogP contribution in [-0.4, -0.2) is 22.2 Å². The van der Waals surface area contributed by atoms with Crippen molar-refractivity contribution < 1.29 is 19.8 Å². The van der Waals surface area contributed by atoms with Crippen molar-refractivity contribution in [2.24, 2.45) is 0 Å². The maximum absolute atomic E-state index is 9.55. The van der Waals surface area contributed by atoms with Gasteiger partial charge in [-0.3, -0.25) is 0 Å². The molecule has 0 heterocycles. The highest BCUT2D eigenvalue weighted by Crippen LogP contribution is 1.74. The Morgan fingerprint density at radius 3 is 1.00 bits per heavy atom. The average molecular weight is 228 g/mol. The molecule has 0 saturated heterocycles. The highest BCUT2D eigenvalue weighted by Gasteiger charge is 1.88. The zero-order valence-electron chi connectivity index (χ0n) is 10.3. The molecule has 0 unspecified atom stereocenters.